The Labute approximate surface area is 131 Å². The van der Waals surface area contributed by atoms with Gasteiger partial charge >= 0.3 is 0 Å². The SMILES string of the molecule is COc1ccc(Oc2cc(Cl)nc(C(C)C)n2)c(Br)c1. The summed E-state index contributed by atoms with van der Waals surface area (Å²) in [6, 6.07) is 7.02. The average molecular weight is 358 g/mol. The van der Waals surface area contributed by atoms with Gasteiger partial charge in [0.05, 0.1) is 11.6 Å². The van der Waals surface area contributed by atoms with Gasteiger partial charge in [-0.2, -0.15) is 4.98 Å². The second kappa shape index (κ2) is 6.41. The van der Waals surface area contributed by atoms with Crippen molar-refractivity contribution in [1.82, 2.24) is 9.97 Å². The Morgan fingerprint density at radius 1 is 1.20 bits per heavy atom. The molecule has 20 heavy (non-hydrogen) atoms. The Morgan fingerprint density at radius 3 is 2.55 bits per heavy atom. The molecule has 4 nitrogen and oxygen atoms in total. The summed E-state index contributed by atoms with van der Waals surface area (Å²) in [5, 5.41) is 0.364. The van der Waals surface area contributed by atoms with Crippen LogP contribution in [0.5, 0.6) is 17.4 Å². The predicted octanol–water partition coefficient (Wildman–Crippen LogP) is 4.82. The number of nitrogens with zero attached hydrogens (tertiary/aromatic N) is 2. The molecule has 0 saturated heterocycles. The van der Waals surface area contributed by atoms with Gasteiger partial charge < -0.3 is 9.47 Å². The third kappa shape index (κ3) is 3.61. The Balaban J connectivity index is 2.30. The molecule has 2 aromatic rings. The van der Waals surface area contributed by atoms with Crippen molar-refractivity contribution in [1.29, 1.82) is 0 Å². The molecule has 1 aromatic carbocycles. The summed E-state index contributed by atoms with van der Waals surface area (Å²) < 4.78 is 11.7. The maximum absolute atomic E-state index is 5.98. The lowest BCUT2D eigenvalue weighted by molar-refractivity contribution is 0.411. The van der Waals surface area contributed by atoms with Crippen LogP contribution in [0.25, 0.3) is 0 Å². The zero-order valence-electron chi connectivity index (χ0n) is 11.4. The second-order valence-corrected chi connectivity index (χ2v) is 5.68. The number of aromatic nitrogens is 2. The van der Waals surface area contributed by atoms with E-state index >= 15 is 0 Å². The highest BCUT2D eigenvalue weighted by atomic mass is 79.9. The number of halogens is 2. The number of benzene rings is 1. The van der Waals surface area contributed by atoms with Crippen LogP contribution < -0.4 is 9.47 Å². The molecule has 0 aliphatic heterocycles. The van der Waals surface area contributed by atoms with Crippen molar-refractivity contribution >= 4 is 27.5 Å². The van der Waals surface area contributed by atoms with E-state index in [-0.39, 0.29) is 5.92 Å². The van der Waals surface area contributed by atoms with Crippen LogP contribution in [-0.4, -0.2) is 17.1 Å². The van der Waals surface area contributed by atoms with E-state index in [1.807, 2.05) is 26.0 Å². The smallest absolute Gasteiger partial charge is 0.224 e. The molecular formula is C14H14BrClN2O2. The van der Waals surface area contributed by atoms with Gasteiger partial charge in [0, 0.05) is 12.0 Å². The summed E-state index contributed by atoms with van der Waals surface area (Å²) in [6.45, 7) is 4.00. The third-order valence-electron chi connectivity index (χ3n) is 2.56. The van der Waals surface area contributed by atoms with Gasteiger partial charge in [-0.25, -0.2) is 4.98 Å². The minimum atomic E-state index is 0.176. The zero-order chi connectivity index (χ0) is 14.7. The first-order chi connectivity index (χ1) is 9.49. The highest BCUT2D eigenvalue weighted by molar-refractivity contribution is 9.10. The molecule has 6 heteroatoms. The van der Waals surface area contributed by atoms with Gasteiger partial charge in [-0.15, -0.1) is 0 Å². The fourth-order valence-corrected chi connectivity index (χ4v) is 2.15. The normalized spacial score (nSPS) is 10.7. The number of hydrogen-bond acceptors (Lipinski definition) is 4. The Kier molecular flexibility index (Phi) is 4.83. The van der Waals surface area contributed by atoms with Gasteiger partial charge in [0.1, 0.15) is 22.5 Å². The van der Waals surface area contributed by atoms with Crippen molar-refractivity contribution in [3.8, 4) is 17.4 Å². The zero-order valence-corrected chi connectivity index (χ0v) is 13.7. The van der Waals surface area contributed by atoms with Crippen LogP contribution in [0.3, 0.4) is 0 Å². The maximum atomic E-state index is 5.98. The van der Waals surface area contributed by atoms with E-state index in [4.69, 9.17) is 21.1 Å². The Hall–Kier alpha value is -1.33. The molecule has 0 radical (unpaired) electrons. The van der Waals surface area contributed by atoms with E-state index in [1.54, 1.807) is 19.2 Å². The van der Waals surface area contributed by atoms with Crippen LogP contribution in [0.4, 0.5) is 0 Å². The van der Waals surface area contributed by atoms with E-state index in [2.05, 4.69) is 25.9 Å². The summed E-state index contributed by atoms with van der Waals surface area (Å²) in [6.07, 6.45) is 0. The molecule has 0 atom stereocenters. The fraction of sp³-hybridized carbons (Fsp3) is 0.286. The van der Waals surface area contributed by atoms with E-state index in [9.17, 15) is 0 Å². The van der Waals surface area contributed by atoms with E-state index < -0.39 is 0 Å². The van der Waals surface area contributed by atoms with Crippen molar-refractivity contribution in [2.24, 2.45) is 0 Å². The summed E-state index contributed by atoms with van der Waals surface area (Å²) in [5.41, 5.74) is 0. The average Bonchev–Trinajstić information content (AvgIpc) is 2.40. The van der Waals surface area contributed by atoms with E-state index in [0.29, 0.717) is 22.6 Å². The van der Waals surface area contributed by atoms with Crippen LogP contribution >= 0.6 is 27.5 Å². The molecule has 0 bridgehead atoms. The van der Waals surface area contributed by atoms with Crippen LogP contribution in [0.2, 0.25) is 5.15 Å². The maximum Gasteiger partial charge on any atom is 0.224 e. The summed E-state index contributed by atoms with van der Waals surface area (Å²) in [7, 11) is 1.61. The topological polar surface area (TPSA) is 44.2 Å². The van der Waals surface area contributed by atoms with Gasteiger partial charge in [-0.05, 0) is 34.1 Å². The number of rotatable bonds is 4. The Bertz CT molecular complexity index is 620. The van der Waals surface area contributed by atoms with Gasteiger partial charge in [-0.1, -0.05) is 25.4 Å². The third-order valence-corrected chi connectivity index (χ3v) is 3.37. The molecular weight excluding hydrogens is 344 g/mol. The molecule has 0 aliphatic rings. The molecule has 1 heterocycles. The fourth-order valence-electron chi connectivity index (χ4n) is 1.53. The number of methoxy groups -OCH3 is 1. The van der Waals surface area contributed by atoms with Crippen LogP contribution in [0.1, 0.15) is 25.6 Å². The number of hydrogen-bond donors (Lipinski definition) is 0. The molecule has 1 aromatic heterocycles. The molecule has 0 fully saturated rings. The van der Waals surface area contributed by atoms with Gasteiger partial charge in [-0.3, -0.25) is 0 Å². The van der Waals surface area contributed by atoms with E-state index in [1.165, 1.54) is 0 Å². The first-order valence-corrected chi connectivity index (χ1v) is 7.22. The summed E-state index contributed by atoms with van der Waals surface area (Å²) >= 11 is 9.41. The lowest BCUT2D eigenvalue weighted by Crippen LogP contribution is -2.00. The molecule has 0 N–H and O–H groups in total. The van der Waals surface area contributed by atoms with Crippen molar-refractivity contribution < 1.29 is 9.47 Å². The number of ether oxygens (including phenoxy) is 2. The van der Waals surface area contributed by atoms with Gasteiger partial charge in [0.15, 0.2) is 0 Å². The van der Waals surface area contributed by atoms with Gasteiger partial charge in [0.2, 0.25) is 5.88 Å². The Morgan fingerprint density at radius 2 is 1.95 bits per heavy atom. The molecule has 0 saturated carbocycles. The minimum Gasteiger partial charge on any atom is -0.497 e. The van der Waals surface area contributed by atoms with Crippen LogP contribution in [0, 0.1) is 0 Å². The first kappa shape index (κ1) is 15.1. The van der Waals surface area contributed by atoms with Crippen LogP contribution in [-0.2, 0) is 0 Å². The lowest BCUT2D eigenvalue weighted by Gasteiger charge is -2.10. The van der Waals surface area contributed by atoms with E-state index in [0.717, 1.165) is 10.2 Å². The largest absolute Gasteiger partial charge is 0.497 e. The van der Waals surface area contributed by atoms with Crippen molar-refractivity contribution in [2.75, 3.05) is 7.11 Å². The van der Waals surface area contributed by atoms with Crippen molar-refractivity contribution in [3.63, 3.8) is 0 Å². The van der Waals surface area contributed by atoms with Crippen molar-refractivity contribution in [2.45, 2.75) is 19.8 Å². The predicted molar refractivity (Wildman–Crippen MR) is 81.9 cm³/mol. The molecule has 0 amide bonds. The standard InChI is InChI=1S/C14H14BrClN2O2/c1-8(2)14-17-12(16)7-13(18-14)20-11-5-4-9(19-3)6-10(11)15/h4-8H,1-3H3. The molecule has 0 aliphatic carbocycles. The highest BCUT2D eigenvalue weighted by Gasteiger charge is 2.10. The van der Waals surface area contributed by atoms with Crippen LogP contribution in [0.15, 0.2) is 28.7 Å². The molecule has 0 spiro atoms. The molecule has 2 rings (SSSR count). The molecule has 0 unspecified atom stereocenters. The first-order valence-electron chi connectivity index (χ1n) is 6.05. The monoisotopic (exact) mass is 356 g/mol. The minimum absolute atomic E-state index is 0.176. The summed E-state index contributed by atoms with van der Waals surface area (Å²) in [5.74, 6) is 2.62. The molecule has 106 valence electrons. The highest BCUT2D eigenvalue weighted by Crippen LogP contribution is 2.32. The van der Waals surface area contributed by atoms with Crippen molar-refractivity contribution in [3.05, 3.63) is 39.7 Å². The lowest BCUT2D eigenvalue weighted by atomic mass is 10.2. The second-order valence-electron chi connectivity index (χ2n) is 4.44. The quantitative estimate of drug-likeness (QED) is 0.736. The van der Waals surface area contributed by atoms with Gasteiger partial charge in [0.25, 0.3) is 0 Å². The summed E-state index contributed by atoms with van der Waals surface area (Å²) in [4.78, 5) is 8.51.